The van der Waals surface area contributed by atoms with Crippen LogP contribution in [-0.2, 0) is 38.4 Å². The van der Waals surface area contributed by atoms with Gasteiger partial charge in [0.15, 0.2) is 0 Å². The summed E-state index contributed by atoms with van der Waals surface area (Å²) in [5.41, 5.74) is 0. The van der Waals surface area contributed by atoms with Crippen molar-refractivity contribution in [3.05, 3.63) is 0 Å². The number of carboxylic acids is 6. The Labute approximate surface area is 213 Å². The predicted octanol–water partition coefficient (Wildman–Crippen LogP) is -3.62. The van der Waals surface area contributed by atoms with Gasteiger partial charge in [0, 0.05) is 26.2 Å². The van der Waals surface area contributed by atoms with Crippen molar-refractivity contribution in [2.75, 3.05) is 26.2 Å². The van der Waals surface area contributed by atoms with Gasteiger partial charge in [0.05, 0.1) is 31.7 Å². The Bertz CT molecular complexity index is 937. The van der Waals surface area contributed by atoms with Crippen LogP contribution in [0, 0.1) is 0 Å². The van der Waals surface area contributed by atoms with Crippen molar-refractivity contribution in [1.29, 1.82) is 0 Å². The molecule has 2 saturated heterocycles. The molecular weight excluding hydrogens is 520 g/mol. The van der Waals surface area contributed by atoms with Gasteiger partial charge in [-0.25, -0.2) is 9.59 Å². The number of hydrogen-bond acceptors (Lipinski definition) is 10. The van der Waals surface area contributed by atoms with Crippen molar-refractivity contribution in [3.63, 3.8) is 0 Å². The van der Waals surface area contributed by atoms with Crippen molar-refractivity contribution >= 4 is 47.6 Å². The van der Waals surface area contributed by atoms with E-state index < -0.39 is 97.5 Å². The van der Waals surface area contributed by atoms with Crippen LogP contribution < -0.4 is 10.6 Å². The molecule has 2 heterocycles. The fourth-order valence-corrected chi connectivity index (χ4v) is 3.75. The van der Waals surface area contributed by atoms with Gasteiger partial charge in [0.1, 0.15) is 18.1 Å². The molecule has 2 rings (SSSR count). The Morgan fingerprint density at radius 3 is 1.66 bits per heavy atom. The Balaban J connectivity index is 0.000000380. The fraction of sp³-hybridized carbons (Fsp3) is 0.600. The van der Waals surface area contributed by atoms with Crippen LogP contribution in [0.2, 0.25) is 0 Å². The van der Waals surface area contributed by atoms with Gasteiger partial charge in [-0.2, -0.15) is 0 Å². The number of carboxylic acid groups (broad SMARTS) is 6. The van der Waals surface area contributed by atoms with Crippen LogP contribution in [0.4, 0.5) is 0 Å². The molecule has 18 nitrogen and oxygen atoms in total. The van der Waals surface area contributed by atoms with Gasteiger partial charge in [0.25, 0.3) is 0 Å². The number of rotatable bonds is 11. The number of amides is 2. The first kappa shape index (κ1) is 31.7. The van der Waals surface area contributed by atoms with Crippen LogP contribution in [0.1, 0.15) is 25.7 Å². The van der Waals surface area contributed by atoms with E-state index in [1.54, 1.807) is 0 Å². The molecular formula is C20H28N4O14. The van der Waals surface area contributed by atoms with Gasteiger partial charge in [-0.1, -0.05) is 0 Å². The van der Waals surface area contributed by atoms with E-state index in [1.165, 1.54) is 0 Å². The maximum absolute atomic E-state index is 11.9. The van der Waals surface area contributed by atoms with E-state index in [4.69, 9.17) is 30.6 Å². The molecule has 2 amide bonds. The summed E-state index contributed by atoms with van der Waals surface area (Å²) >= 11 is 0. The van der Waals surface area contributed by atoms with Gasteiger partial charge in [-0.05, 0) is 0 Å². The molecule has 4 unspecified atom stereocenters. The minimum absolute atomic E-state index is 0.0270. The number of nitrogens with zero attached hydrogens (tertiary/aromatic N) is 2. The summed E-state index contributed by atoms with van der Waals surface area (Å²) in [6.07, 6.45) is -2.33. The average Bonchev–Trinajstić information content (AvgIpc) is 2.98. The van der Waals surface area contributed by atoms with Crippen molar-refractivity contribution in [1.82, 2.24) is 20.4 Å². The Morgan fingerprint density at radius 1 is 0.737 bits per heavy atom. The summed E-state index contributed by atoms with van der Waals surface area (Å²) in [4.78, 5) is 90.2. The molecule has 0 aromatic rings. The highest BCUT2D eigenvalue weighted by Gasteiger charge is 2.38. The quantitative estimate of drug-likeness (QED) is 0.124. The molecule has 0 radical (unpaired) electrons. The lowest BCUT2D eigenvalue weighted by Crippen LogP contribution is -2.60. The maximum Gasteiger partial charge on any atom is 0.327 e. The second-order valence-electron chi connectivity index (χ2n) is 8.18. The highest BCUT2D eigenvalue weighted by Crippen LogP contribution is 2.13. The Kier molecular flexibility index (Phi) is 12.0. The smallest absolute Gasteiger partial charge is 0.327 e. The predicted molar refractivity (Wildman–Crippen MR) is 119 cm³/mol. The van der Waals surface area contributed by atoms with E-state index >= 15 is 0 Å². The molecule has 8 N–H and O–H groups in total. The minimum Gasteiger partial charge on any atom is -0.481 e. The van der Waals surface area contributed by atoms with Crippen LogP contribution in [0.5, 0.6) is 0 Å². The monoisotopic (exact) mass is 548 g/mol. The van der Waals surface area contributed by atoms with Crippen LogP contribution in [0.25, 0.3) is 0 Å². The first-order valence-corrected chi connectivity index (χ1v) is 11.1. The zero-order chi connectivity index (χ0) is 29.2. The lowest BCUT2D eigenvalue weighted by atomic mass is 10.1. The van der Waals surface area contributed by atoms with Gasteiger partial charge in [-0.3, -0.25) is 28.8 Å². The van der Waals surface area contributed by atoms with Gasteiger partial charge >= 0.3 is 35.8 Å². The summed E-state index contributed by atoms with van der Waals surface area (Å²) < 4.78 is 0. The normalized spacial score (nSPS) is 21.3. The fourth-order valence-electron chi connectivity index (χ4n) is 3.75. The molecule has 0 aromatic heterocycles. The summed E-state index contributed by atoms with van der Waals surface area (Å²) in [7, 11) is 0. The third-order valence-corrected chi connectivity index (χ3v) is 5.50. The third kappa shape index (κ3) is 9.62. The lowest BCUT2D eigenvalue weighted by Gasteiger charge is -2.35. The van der Waals surface area contributed by atoms with Crippen molar-refractivity contribution < 1.29 is 69.0 Å². The third-order valence-electron chi connectivity index (χ3n) is 5.50. The zero-order valence-corrected chi connectivity index (χ0v) is 19.8. The number of nitrogens with one attached hydrogen (secondary N) is 2. The minimum atomic E-state index is -1.49. The molecule has 0 bridgehead atoms. The largest absolute Gasteiger partial charge is 0.481 e. The number of piperazine rings is 1. The Hall–Kier alpha value is -4.32. The van der Waals surface area contributed by atoms with Crippen LogP contribution in [0.3, 0.4) is 0 Å². The summed E-state index contributed by atoms with van der Waals surface area (Å²) in [6.45, 7) is 0.283. The molecule has 38 heavy (non-hydrogen) atoms. The van der Waals surface area contributed by atoms with Gasteiger partial charge in [-0.15, -0.1) is 0 Å². The highest BCUT2D eigenvalue weighted by molar-refractivity contribution is 5.92. The molecule has 2 aliphatic rings. The van der Waals surface area contributed by atoms with E-state index in [0.29, 0.717) is 0 Å². The molecule has 4 atom stereocenters. The van der Waals surface area contributed by atoms with Crippen molar-refractivity contribution in [2.24, 2.45) is 0 Å². The van der Waals surface area contributed by atoms with Crippen LogP contribution in [-0.4, -0.2) is 138 Å². The zero-order valence-electron chi connectivity index (χ0n) is 19.8. The molecule has 2 fully saturated rings. The highest BCUT2D eigenvalue weighted by atomic mass is 16.4. The SMILES string of the molecule is O=C(O)CC(C(=O)O)N1CCNC(C(=O)O)CC1=O.O=C(O)CC1NCCN(C(CC(=O)O)C(=O)O)C1=O. The number of carbonyl (C=O) groups excluding carboxylic acids is 2. The molecule has 212 valence electrons. The number of carbonyl (C=O) groups is 8. The average molecular weight is 548 g/mol. The molecule has 0 saturated carbocycles. The van der Waals surface area contributed by atoms with E-state index in [1.807, 2.05) is 0 Å². The second-order valence-corrected chi connectivity index (χ2v) is 8.18. The van der Waals surface area contributed by atoms with E-state index in [-0.39, 0.29) is 26.2 Å². The van der Waals surface area contributed by atoms with E-state index in [9.17, 15) is 38.4 Å². The first-order chi connectivity index (χ1) is 17.6. The topological polar surface area (TPSA) is 288 Å². The standard InChI is InChI=1S/2C10H14N2O7/c13-7(14)3-5-9(17)12(2-1-11-5)6(10(18)19)4-8(15)16;13-7-3-5(9(16)17)11-1-2-12(7)6(10(18)19)4-8(14)15/h5-6,11H,1-4H2,(H,13,14)(H,15,16)(H,18,19);5-6,11H,1-4H2,(H,14,15)(H,16,17)(H,18,19). The summed E-state index contributed by atoms with van der Waals surface area (Å²) in [5, 5.41) is 57.9. The number of hydrogen-bond donors (Lipinski definition) is 8. The van der Waals surface area contributed by atoms with Crippen LogP contribution >= 0.6 is 0 Å². The van der Waals surface area contributed by atoms with Crippen molar-refractivity contribution in [3.8, 4) is 0 Å². The second kappa shape index (κ2) is 14.4. The van der Waals surface area contributed by atoms with Gasteiger partial charge in [0.2, 0.25) is 11.8 Å². The maximum atomic E-state index is 11.9. The summed E-state index contributed by atoms with van der Waals surface area (Å²) in [5.74, 6) is -9.33. The number of aliphatic carboxylic acids is 6. The van der Waals surface area contributed by atoms with Gasteiger partial charge < -0.3 is 51.1 Å². The van der Waals surface area contributed by atoms with Crippen LogP contribution in [0.15, 0.2) is 0 Å². The molecule has 0 aromatic carbocycles. The molecule has 0 aliphatic carbocycles. The van der Waals surface area contributed by atoms with Crippen molar-refractivity contribution in [2.45, 2.75) is 49.9 Å². The van der Waals surface area contributed by atoms with E-state index in [0.717, 1.165) is 9.80 Å². The molecule has 0 spiro atoms. The molecule has 2 aliphatic heterocycles. The summed E-state index contributed by atoms with van der Waals surface area (Å²) in [6, 6.07) is -5.08. The Morgan fingerprint density at radius 2 is 1.21 bits per heavy atom. The lowest BCUT2D eigenvalue weighted by molar-refractivity contribution is -0.157. The molecule has 18 heteroatoms. The van der Waals surface area contributed by atoms with E-state index in [2.05, 4.69) is 10.6 Å². The first-order valence-electron chi connectivity index (χ1n) is 11.1.